The molecule has 2 aromatic rings. The fourth-order valence-corrected chi connectivity index (χ4v) is 1.36. The van der Waals surface area contributed by atoms with Gasteiger partial charge in [0.2, 0.25) is 0 Å². The Bertz CT molecular complexity index is 576. The van der Waals surface area contributed by atoms with Crippen molar-refractivity contribution < 1.29 is 40.2 Å². The molecule has 0 aliphatic carbocycles. The summed E-state index contributed by atoms with van der Waals surface area (Å²) in [6, 6.07) is 14.2. The number of aromatic hydroxyl groups is 2. The molecule has 0 aliphatic rings. The van der Waals surface area contributed by atoms with Gasteiger partial charge in [-0.05, 0) is 38.1 Å². The minimum atomic E-state index is -2.27. The van der Waals surface area contributed by atoms with E-state index in [1.165, 1.54) is 11.1 Å². The van der Waals surface area contributed by atoms with Gasteiger partial charge in [0.15, 0.2) is 12.2 Å². The zero-order chi connectivity index (χ0) is 20.3. The van der Waals surface area contributed by atoms with Crippen LogP contribution in [0.4, 0.5) is 0 Å². The predicted molar refractivity (Wildman–Crippen MR) is 93.0 cm³/mol. The van der Waals surface area contributed by atoms with Crippen LogP contribution in [-0.2, 0) is 9.59 Å². The Labute approximate surface area is 150 Å². The maximum absolute atomic E-state index is 9.77. The molecule has 2 rings (SSSR count). The van der Waals surface area contributed by atoms with Crippen LogP contribution < -0.4 is 0 Å². The first-order valence-electron chi connectivity index (χ1n) is 7.37. The predicted octanol–water partition coefficient (Wildman–Crippen LogP) is 1.28. The first-order chi connectivity index (χ1) is 12.0. The van der Waals surface area contributed by atoms with E-state index in [4.69, 9.17) is 30.6 Å². The molecule has 0 saturated carbocycles. The molecule has 6 N–H and O–H groups in total. The van der Waals surface area contributed by atoms with E-state index in [0.717, 1.165) is 0 Å². The van der Waals surface area contributed by atoms with Crippen LogP contribution in [0.15, 0.2) is 48.5 Å². The molecule has 0 amide bonds. The van der Waals surface area contributed by atoms with Gasteiger partial charge in [0.05, 0.1) is 0 Å². The van der Waals surface area contributed by atoms with Crippen LogP contribution in [0.1, 0.15) is 11.1 Å². The number of benzene rings is 2. The highest BCUT2D eigenvalue weighted by atomic mass is 16.4. The summed E-state index contributed by atoms with van der Waals surface area (Å²) in [5.74, 6) is -2.88. The van der Waals surface area contributed by atoms with E-state index < -0.39 is 24.1 Å². The number of carbonyl (C=O) groups is 2. The van der Waals surface area contributed by atoms with Crippen molar-refractivity contribution in [3.63, 3.8) is 0 Å². The molecule has 0 radical (unpaired) electrons. The summed E-state index contributed by atoms with van der Waals surface area (Å²) >= 11 is 0. The number of rotatable bonds is 3. The molecular weight excluding hydrogens is 344 g/mol. The molecule has 8 nitrogen and oxygen atoms in total. The van der Waals surface area contributed by atoms with Gasteiger partial charge >= 0.3 is 11.9 Å². The zero-order valence-corrected chi connectivity index (χ0v) is 14.3. The molecule has 0 saturated heterocycles. The van der Waals surface area contributed by atoms with Crippen LogP contribution in [-0.4, -0.2) is 54.8 Å². The molecule has 0 heterocycles. The number of phenolic OH excluding ortho intramolecular Hbond substituents is 2. The van der Waals surface area contributed by atoms with Crippen molar-refractivity contribution >= 4 is 11.9 Å². The zero-order valence-electron chi connectivity index (χ0n) is 14.3. The number of aliphatic hydroxyl groups is 2. The SMILES string of the molecule is Cc1ccc(O)cc1.Cc1ccc(O)cc1.O=C(O)C(O)C(O)C(=O)O. The monoisotopic (exact) mass is 366 g/mol. The maximum Gasteiger partial charge on any atom is 0.335 e. The topological polar surface area (TPSA) is 156 Å². The average molecular weight is 366 g/mol. The van der Waals surface area contributed by atoms with Gasteiger partial charge in [-0.3, -0.25) is 0 Å². The molecule has 0 bridgehead atoms. The molecule has 142 valence electrons. The highest BCUT2D eigenvalue weighted by molar-refractivity contribution is 5.83. The number of aliphatic carboxylic acids is 2. The Morgan fingerprint density at radius 2 is 0.885 bits per heavy atom. The van der Waals surface area contributed by atoms with E-state index in [2.05, 4.69) is 0 Å². The van der Waals surface area contributed by atoms with Crippen molar-refractivity contribution in [3.8, 4) is 11.5 Å². The van der Waals surface area contributed by atoms with Crippen molar-refractivity contribution in [1.29, 1.82) is 0 Å². The van der Waals surface area contributed by atoms with Crippen LogP contribution in [0.25, 0.3) is 0 Å². The molecule has 0 fully saturated rings. The van der Waals surface area contributed by atoms with Gasteiger partial charge in [-0.2, -0.15) is 0 Å². The average Bonchev–Trinajstić information content (AvgIpc) is 2.59. The quantitative estimate of drug-likeness (QED) is 0.474. The standard InChI is InChI=1S/2C7H8O.C4H6O6/c2*1-6-2-4-7(8)5-3-6;5-1(3(7)8)2(6)4(9)10/h2*2-5,8H,1H3;1-2,5-6H,(H,7,8)(H,9,10). The van der Waals surface area contributed by atoms with E-state index in [-0.39, 0.29) is 0 Å². The lowest BCUT2D eigenvalue weighted by atomic mass is 10.2. The highest BCUT2D eigenvalue weighted by Gasteiger charge is 2.29. The molecular formula is C18H22O8. The molecule has 0 aromatic heterocycles. The van der Waals surface area contributed by atoms with Crippen molar-refractivity contribution in [1.82, 2.24) is 0 Å². The number of aryl methyl sites for hydroxylation is 2. The van der Waals surface area contributed by atoms with Gasteiger partial charge in [-0.1, -0.05) is 35.4 Å². The molecule has 2 aromatic carbocycles. The first kappa shape index (κ1) is 22.9. The van der Waals surface area contributed by atoms with Crippen molar-refractivity contribution in [2.75, 3.05) is 0 Å². The Morgan fingerprint density at radius 1 is 0.654 bits per heavy atom. The largest absolute Gasteiger partial charge is 0.508 e. The van der Waals surface area contributed by atoms with E-state index in [0.29, 0.717) is 11.5 Å². The number of phenols is 2. The van der Waals surface area contributed by atoms with Crippen LogP contribution >= 0.6 is 0 Å². The van der Waals surface area contributed by atoms with Crippen LogP contribution in [0, 0.1) is 13.8 Å². The molecule has 0 aliphatic heterocycles. The lowest BCUT2D eigenvalue weighted by molar-refractivity contribution is -0.165. The molecule has 2 unspecified atom stereocenters. The summed E-state index contributed by atoms with van der Waals surface area (Å²) < 4.78 is 0. The summed E-state index contributed by atoms with van der Waals surface area (Å²) in [5, 5.41) is 50.0. The van der Waals surface area contributed by atoms with Crippen molar-refractivity contribution in [2.24, 2.45) is 0 Å². The lowest BCUT2D eigenvalue weighted by Crippen LogP contribution is -2.39. The Kier molecular flexibility index (Phi) is 10.1. The maximum atomic E-state index is 9.77. The smallest absolute Gasteiger partial charge is 0.335 e. The fraction of sp³-hybridized carbons (Fsp3) is 0.222. The second kappa shape index (κ2) is 11.5. The lowest BCUT2D eigenvalue weighted by Gasteiger charge is -2.07. The third-order valence-corrected chi connectivity index (χ3v) is 2.87. The van der Waals surface area contributed by atoms with Gasteiger partial charge in [0, 0.05) is 0 Å². The summed E-state index contributed by atoms with van der Waals surface area (Å²) in [6.45, 7) is 3.97. The molecule has 2 atom stereocenters. The Morgan fingerprint density at radius 3 is 1.04 bits per heavy atom. The fourth-order valence-electron chi connectivity index (χ4n) is 1.36. The van der Waals surface area contributed by atoms with Crippen LogP contribution in [0.2, 0.25) is 0 Å². The van der Waals surface area contributed by atoms with E-state index >= 15 is 0 Å². The van der Waals surface area contributed by atoms with Crippen molar-refractivity contribution in [3.05, 3.63) is 59.7 Å². The van der Waals surface area contributed by atoms with E-state index in [9.17, 15) is 9.59 Å². The summed E-state index contributed by atoms with van der Waals surface area (Å²) in [7, 11) is 0. The second-order valence-electron chi connectivity index (χ2n) is 5.24. The van der Waals surface area contributed by atoms with Crippen molar-refractivity contribution in [2.45, 2.75) is 26.1 Å². The van der Waals surface area contributed by atoms with Gasteiger partial charge < -0.3 is 30.6 Å². The minimum absolute atomic E-state index is 0.329. The van der Waals surface area contributed by atoms with E-state index in [1.807, 2.05) is 38.1 Å². The third kappa shape index (κ3) is 9.91. The Hall–Kier alpha value is -3.10. The third-order valence-electron chi connectivity index (χ3n) is 2.87. The van der Waals surface area contributed by atoms with Gasteiger partial charge in [0.1, 0.15) is 11.5 Å². The van der Waals surface area contributed by atoms with Gasteiger partial charge in [-0.25, -0.2) is 9.59 Å². The molecule has 8 heteroatoms. The van der Waals surface area contributed by atoms with Crippen LogP contribution in [0.5, 0.6) is 11.5 Å². The number of carboxylic acid groups (broad SMARTS) is 2. The molecule has 0 spiro atoms. The van der Waals surface area contributed by atoms with Gasteiger partial charge in [0.25, 0.3) is 0 Å². The Balaban J connectivity index is 0.000000363. The second-order valence-corrected chi connectivity index (χ2v) is 5.24. The number of hydrogen-bond acceptors (Lipinski definition) is 6. The molecule has 26 heavy (non-hydrogen) atoms. The highest BCUT2D eigenvalue weighted by Crippen LogP contribution is 2.08. The summed E-state index contributed by atoms with van der Waals surface area (Å²) in [6.07, 6.45) is -4.53. The normalized spacial score (nSPS) is 11.7. The summed E-state index contributed by atoms with van der Waals surface area (Å²) in [5.41, 5.74) is 2.34. The number of aliphatic hydroxyl groups excluding tert-OH is 2. The van der Waals surface area contributed by atoms with Crippen LogP contribution in [0.3, 0.4) is 0 Å². The van der Waals surface area contributed by atoms with E-state index in [1.54, 1.807) is 24.3 Å². The first-order valence-corrected chi connectivity index (χ1v) is 7.37. The number of hydrogen-bond donors (Lipinski definition) is 6. The number of carboxylic acids is 2. The minimum Gasteiger partial charge on any atom is -0.508 e. The van der Waals surface area contributed by atoms with Gasteiger partial charge in [-0.15, -0.1) is 0 Å². The summed E-state index contributed by atoms with van der Waals surface area (Å²) in [4.78, 5) is 19.5.